The molecule has 0 unspecified atom stereocenters. The van der Waals surface area contributed by atoms with Gasteiger partial charge in [0, 0.05) is 6.42 Å². The van der Waals surface area contributed by atoms with E-state index in [1.165, 1.54) is 57.8 Å². The highest BCUT2D eigenvalue weighted by molar-refractivity contribution is 14.1. The molecule has 2 nitrogen and oxygen atoms in total. The molecule has 0 bridgehead atoms. The van der Waals surface area contributed by atoms with Crippen molar-refractivity contribution in [3.63, 3.8) is 0 Å². The van der Waals surface area contributed by atoms with Gasteiger partial charge in [-0.15, -0.1) is 0 Å². The molecule has 182 valence electrons. The number of hydrogen-bond acceptors (Lipinski definition) is 2. The minimum absolute atomic E-state index is 0.0403. The number of ether oxygens (including phenoxy) is 1. The number of rotatable bonds is 7. The van der Waals surface area contributed by atoms with Crippen LogP contribution in [-0.2, 0) is 9.53 Å². The maximum absolute atomic E-state index is 11.8. The molecule has 3 heteroatoms. The summed E-state index contributed by atoms with van der Waals surface area (Å²) < 4.78 is 6.22. The van der Waals surface area contributed by atoms with Crippen molar-refractivity contribution in [3.05, 3.63) is 11.6 Å². The van der Waals surface area contributed by atoms with E-state index in [0.29, 0.717) is 15.3 Å². The summed E-state index contributed by atoms with van der Waals surface area (Å²) in [4.78, 5) is 11.8. The quantitative estimate of drug-likeness (QED) is 0.137. The van der Waals surface area contributed by atoms with Gasteiger partial charge >= 0.3 is 5.97 Å². The third-order valence-corrected chi connectivity index (χ3v) is 11.3. The summed E-state index contributed by atoms with van der Waals surface area (Å²) in [5.74, 6) is 5.26. The van der Waals surface area contributed by atoms with Gasteiger partial charge in [0.15, 0.2) is 0 Å². The molecule has 4 rings (SSSR count). The molecule has 0 saturated heterocycles. The first-order valence-corrected chi connectivity index (χ1v) is 15.2. The average molecular weight is 555 g/mol. The van der Waals surface area contributed by atoms with Crippen LogP contribution in [0.4, 0.5) is 0 Å². The monoisotopic (exact) mass is 554 g/mol. The van der Waals surface area contributed by atoms with Crippen molar-refractivity contribution < 1.29 is 9.53 Å². The fourth-order valence-corrected chi connectivity index (χ4v) is 9.15. The molecule has 0 heterocycles. The van der Waals surface area contributed by atoms with Crippen molar-refractivity contribution in [1.29, 1.82) is 0 Å². The third kappa shape index (κ3) is 4.59. The van der Waals surface area contributed by atoms with Crippen LogP contribution in [0, 0.1) is 46.3 Å². The van der Waals surface area contributed by atoms with Crippen molar-refractivity contribution in [2.24, 2.45) is 46.3 Å². The lowest BCUT2D eigenvalue weighted by molar-refractivity contribution is -0.147. The van der Waals surface area contributed by atoms with E-state index in [0.717, 1.165) is 48.3 Å². The molecular formula is C29H47IO2. The van der Waals surface area contributed by atoms with Crippen molar-refractivity contribution in [2.75, 3.05) is 4.43 Å². The van der Waals surface area contributed by atoms with Crippen LogP contribution in [0.15, 0.2) is 11.6 Å². The van der Waals surface area contributed by atoms with Gasteiger partial charge in [-0.3, -0.25) is 4.79 Å². The Morgan fingerprint density at radius 2 is 1.88 bits per heavy atom. The average Bonchev–Trinajstić information content (AvgIpc) is 3.11. The van der Waals surface area contributed by atoms with E-state index >= 15 is 0 Å². The van der Waals surface area contributed by atoms with E-state index in [1.54, 1.807) is 5.57 Å². The molecule has 4 aliphatic carbocycles. The zero-order valence-corrected chi connectivity index (χ0v) is 23.5. The van der Waals surface area contributed by atoms with Gasteiger partial charge < -0.3 is 4.74 Å². The van der Waals surface area contributed by atoms with Crippen LogP contribution in [0.25, 0.3) is 0 Å². The number of fused-ring (bicyclic) bond motifs is 5. The number of carbonyl (C=O) groups is 1. The van der Waals surface area contributed by atoms with Crippen molar-refractivity contribution in [3.8, 4) is 0 Å². The highest BCUT2D eigenvalue weighted by Crippen LogP contribution is 2.67. The molecule has 0 aromatic carbocycles. The first-order valence-electron chi connectivity index (χ1n) is 13.6. The highest BCUT2D eigenvalue weighted by Gasteiger charge is 2.59. The normalized spacial score (nSPS) is 42.0. The summed E-state index contributed by atoms with van der Waals surface area (Å²) >= 11 is 2.12. The molecule has 0 aromatic rings. The minimum Gasteiger partial charge on any atom is -0.461 e. The van der Waals surface area contributed by atoms with Crippen LogP contribution in [0.5, 0.6) is 0 Å². The lowest BCUT2D eigenvalue weighted by atomic mass is 9.47. The summed E-state index contributed by atoms with van der Waals surface area (Å²) in [6, 6.07) is 0. The Bertz CT molecular complexity index is 714. The topological polar surface area (TPSA) is 26.3 Å². The summed E-state index contributed by atoms with van der Waals surface area (Å²) in [7, 11) is 0. The summed E-state index contributed by atoms with van der Waals surface area (Å²) in [5.41, 5.74) is 2.53. The summed E-state index contributed by atoms with van der Waals surface area (Å²) in [6.07, 6.45) is 17.3. The molecule has 4 aliphatic rings. The molecule has 0 aromatic heterocycles. The first kappa shape index (κ1) is 25.0. The van der Waals surface area contributed by atoms with Crippen LogP contribution in [0.2, 0.25) is 0 Å². The Morgan fingerprint density at radius 3 is 2.59 bits per heavy atom. The molecule has 32 heavy (non-hydrogen) atoms. The molecule has 0 N–H and O–H groups in total. The van der Waals surface area contributed by atoms with Gasteiger partial charge in [-0.25, -0.2) is 0 Å². The molecule has 0 spiro atoms. The second kappa shape index (κ2) is 9.90. The second-order valence-corrected chi connectivity index (χ2v) is 13.5. The number of carbonyl (C=O) groups excluding carboxylic acids is 1. The number of allylic oxidation sites excluding steroid dienone is 1. The van der Waals surface area contributed by atoms with Crippen molar-refractivity contribution in [1.82, 2.24) is 0 Å². The lowest BCUT2D eigenvalue weighted by Crippen LogP contribution is -2.51. The molecule has 0 radical (unpaired) electrons. The molecular weight excluding hydrogens is 507 g/mol. The Hall–Kier alpha value is -0.0600. The van der Waals surface area contributed by atoms with Crippen LogP contribution >= 0.6 is 22.6 Å². The SMILES string of the molecule is CC(C)CCC[C@H](C)[C@@H]1CC[C@@H]2[C@H]3CC=C4C[C@@H](OC(=O)CI)CC[C@]4(C)[C@@H]3CC[C@]21C. The van der Waals surface area contributed by atoms with Gasteiger partial charge in [0.2, 0.25) is 0 Å². The fourth-order valence-electron chi connectivity index (χ4n) is 8.97. The van der Waals surface area contributed by atoms with E-state index in [-0.39, 0.29) is 12.1 Å². The Labute approximate surface area is 211 Å². The van der Waals surface area contributed by atoms with E-state index in [9.17, 15) is 4.79 Å². The van der Waals surface area contributed by atoms with Gasteiger partial charge in [0.25, 0.3) is 0 Å². The first-order chi connectivity index (χ1) is 15.2. The molecule has 3 fully saturated rings. The largest absolute Gasteiger partial charge is 0.461 e. The minimum atomic E-state index is -0.0403. The zero-order chi connectivity index (χ0) is 23.1. The predicted octanol–water partition coefficient (Wildman–Crippen LogP) is 8.37. The van der Waals surface area contributed by atoms with Crippen LogP contribution in [-0.4, -0.2) is 16.5 Å². The zero-order valence-electron chi connectivity index (χ0n) is 21.3. The van der Waals surface area contributed by atoms with E-state index < -0.39 is 0 Å². The van der Waals surface area contributed by atoms with Gasteiger partial charge in [-0.2, -0.15) is 0 Å². The number of alkyl halides is 1. The summed E-state index contributed by atoms with van der Waals surface area (Å²) in [6.45, 7) is 12.6. The maximum Gasteiger partial charge on any atom is 0.316 e. The highest BCUT2D eigenvalue weighted by atomic mass is 127. The van der Waals surface area contributed by atoms with Crippen LogP contribution in [0.1, 0.15) is 105 Å². The van der Waals surface area contributed by atoms with Gasteiger partial charge in [-0.1, -0.05) is 88.1 Å². The van der Waals surface area contributed by atoms with Crippen LogP contribution in [0.3, 0.4) is 0 Å². The Morgan fingerprint density at radius 1 is 1.09 bits per heavy atom. The number of halogens is 1. The van der Waals surface area contributed by atoms with E-state index in [1.807, 2.05) is 0 Å². The van der Waals surface area contributed by atoms with Gasteiger partial charge in [0.05, 0.1) is 4.43 Å². The van der Waals surface area contributed by atoms with Gasteiger partial charge in [0.1, 0.15) is 6.10 Å². The number of hydrogen-bond donors (Lipinski definition) is 0. The van der Waals surface area contributed by atoms with Crippen molar-refractivity contribution >= 4 is 28.6 Å². The third-order valence-electron chi connectivity index (χ3n) is 10.7. The fraction of sp³-hybridized carbons (Fsp3) is 0.897. The molecule has 0 aliphatic heterocycles. The van der Waals surface area contributed by atoms with E-state index in [2.05, 4.69) is 63.3 Å². The van der Waals surface area contributed by atoms with Crippen molar-refractivity contribution in [2.45, 2.75) is 111 Å². The number of esters is 1. The standard InChI is InChI=1S/C29H47IO2/c1-19(2)7-6-8-20(3)24-11-12-25-23-10-9-21-17-22(32-27(31)18-30)13-15-28(21,4)26(23)14-16-29(24,25)5/h9,19-20,22-26H,6-8,10-18H2,1-5H3/t20-,22-,23+,24-,25+,26+,28-,29-/m0/s1. The molecule has 8 atom stereocenters. The van der Waals surface area contributed by atoms with Crippen LogP contribution < -0.4 is 0 Å². The van der Waals surface area contributed by atoms with Gasteiger partial charge in [-0.05, 0) is 91.3 Å². The summed E-state index contributed by atoms with van der Waals surface area (Å²) in [5, 5.41) is 0. The van der Waals surface area contributed by atoms with E-state index in [4.69, 9.17) is 4.74 Å². The maximum atomic E-state index is 11.8. The molecule has 3 saturated carbocycles. The Kier molecular flexibility index (Phi) is 7.75. The lowest BCUT2D eigenvalue weighted by Gasteiger charge is -2.58. The Balaban J connectivity index is 1.45. The molecule has 0 amide bonds. The predicted molar refractivity (Wildman–Crippen MR) is 142 cm³/mol. The second-order valence-electron chi connectivity index (χ2n) is 12.8. The smallest absolute Gasteiger partial charge is 0.316 e.